The summed E-state index contributed by atoms with van der Waals surface area (Å²) in [5, 5.41) is 8.94. The SMILES string of the molecule is N#Cc1ccc(S(=O)(=O)c2c(N)n(C3CCCCC3)c3nccnc23)cc1. The summed E-state index contributed by atoms with van der Waals surface area (Å²) >= 11 is 0. The molecule has 4 rings (SSSR count). The second-order valence-corrected chi connectivity index (χ2v) is 8.63. The van der Waals surface area contributed by atoms with Crippen molar-refractivity contribution in [2.45, 2.75) is 47.9 Å². The van der Waals surface area contributed by atoms with E-state index < -0.39 is 9.84 Å². The van der Waals surface area contributed by atoms with Gasteiger partial charge in [0.1, 0.15) is 16.2 Å². The summed E-state index contributed by atoms with van der Waals surface area (Å²) < 4.78 is 28.5. The van der Waals surface area contributed by atoms with E-state index in [1.54, 1.807) is 6.20 Å². The molecule has 7 nitrogen and oxygen atoms in total. The van der Waals surface area contributed by atoms with Gasteiger partial charge >= 0.3 is 0 Å². The highest BCUT2D eigenvalue weighted by Gasteiger charge is 2.32. The van der Waals surface area contributed by atoms with Gasteiger partial charge in [-0.15, -0.1) is 0 Å². The Morgan fingerprint density at radius 1 is 1.07 bits per heavy atom. The van der Waals surface area contributed by atoms with Gasteiger partial charge in [-0.1, -0.05) is 19.3 Å². The number of hydrogen-bond acceptors (Lipinski definition) is 6. The van der Waals surface area contributed by atoms with Crippen molar-refractivity contribution in [1.29, 1.82) is 5.26 Å². The topological polar surface area (TPSA) is 115 Å². The molecule has 0 saturated heterocycles. The summed E-state index contributed by atoms with van der Waals surface area (Å²) in [5.41, 5.74) is 7.58. The zero-order chi connectivity index (χ0) is 19.0. The highest BCUT2D eigenvalue weighted by Crippen LogP contribution is 2.39. The molecule has 0 aliphatic heterocycles. The summed E-state index contributed by atoms with van der Waals surface area (Å²) in [6, 6.07) is 7.93. The van der Waals surface area contributed by atoms with E-state index in [1.807, 2.05) is 10.6 Å². The van der Waals surface area contributed by atoms with Crippen LogP contribution in [0.4, 0.5) is 5.82 Å². The quantitative estimate of drug-likeness (QED) is 0.745. The third-order valence-electron chi connectivity index (χ3n) is 5.12. The Bertz CT molecular complexity index is 1140. The van der Waals surface area contributed by atoms with E-state index >= 15 is 0 Å². The van der Waals surface area contributed by atoms with Crippen LogP contribution in [-0.4, -0.2) is 23.0 Å². The zero-order valence-corrected chi connectivity index (χ0v) is 15.5. The number of hydrogen-bond donors (Lipinski definition) is 1. The fraction of sp³-hybridized carbons (Fsp3) is 0.316. The summed E-state index contributed by atoms with van der Waals surface area (Å²) in [6.07, 6.45) is 8.27. The van der Waals surface area contributed by atoms with E-state index in [4.69, 9.17) is 11.0 Å². The molecular weight excluding hydrogens is 362 g/mol. The van der Waals surface area contributed by atoms with Gasteiger partial charge in [0, 0.05) is 18.4 Å². The number of benzene rings is 1. The number of aromatic nitrogens is 3. The number of anilines is 1. The van der Waals surface area contributed by atoms with Crippen LogP contribution in [0.1, 0.15) is 43.7 Å². The Hall–Kier alpha value is -2.92. The van der Waals surface area contributed by atoms with Gasteiger partial charge in [-0.3, -0.25) is 0 Å². The molecule has 1 aromatic carbocycles. The maximum Gasteiger partial charge on any atom is 0.212 e. The minimum Gasteiger partial charge on any atom is -0.384 e. The predicted molar refractivity (Wildman–Crippen MR) is 101 cm³/mol. The van der Waals surface area contributed by atoms with Crippen molar-refractivity contribution >= 4 is 26.8 Å². The maximum absolute atomic E-state index is 13.3. The van der Waals surface area contributed by atoms with Crippen LogP contribution >= 0.6 is 0 Å². The van der Waals surface area contributed by atoms with Crippen molar-refractivity contribution in [3.8, 4) is 6.07 Å². The number of nitrogens with two attached hydrogens (primary N) is 1. The number of nitrogen functional groups attached to an aromatic ring is 1. The molecule has 0 amide bonds. The van der Waals surface area contributed by atoms with Crippen molar-refractivity contribution in [3.63, 3.8) is 0 Å². The van der Waals surface area contributed by atoms with Crippen LogP contribution in [0.25, 0.3) is 11.2 Å². The molecule has 8 heteroatoms. The molecule has 0 radical (unpaired) electrons. The smallest absolute Gasteiger partial charge is 0.212 e. The molecule has 0 bridgehead atoms. The van der Waals surface area contributed by atoms with Crippen LogP contribution in [0.2, 0.25) is 0 Å². The number of fused-ring (bicyclic) bond motifs is 1. The molecule has 0 atom stereocenters. The molecular formula is C19H19N5O2S. The molecule has 27 heavy (non-hydrogen) atoms. The van der Waals surface area contributed by atoms with E-state index in [-0.39, 0.29) is 21.7 Å². The number of rotatable bonds is 3. The Labute approximate surface area is 157 Å². The van der Waals surface area contributed by atoms with Crippen molar-refractivity contribution in [2.75, 3.05) is 5.73 Å². The van der Waals surface area contributed by atoms with Crippen LogP contribution in [0.5, 0.6) is 0 Å². The first-order valence-electron chi connectivity index (χ1n) is 8.89. The lowest BCUT2D eigenvalue weighted by molar-refractivity contribution is 0.362. The minimum absolute atomic E-state index is 0.000816. The molecule has 1 fully saturated rings. The molecule has 1 aliphatic carbocycles. The van der Waals surface area contributed by atoms with Gasteiger partial charge in [-0.2, -0.15) is 5.26 Å². The van der Waals surface area contributed by atoms with E-state index in [0.29, 0.717) is 16.7 Å². The lowest BCUT2D eigenvalue weighted by Gasteiger charge is -2.24. The molecule has 0 spiro atoms. The fourth-order valence-electron chi connectivity index (χ4n) is 3.81. The molecule has 2 heterocycles. The third kappa shape index (κ3) is 2.84. The molecule has 138 valence electrons. The van der Waals surface area contributed by atoms with Crippen molar-refractivity contribution in [2.24, 2.45) is 0 Å². The van der Waals surface area contributed by atoms with E-state index in [1.165, 1.54) is 36.9 Å². The average Bonchev–Trinajstić information content (AvgIpc) is 3.01. The van der Waals surface area contributed by atoms with Crippen molar-refractivity contribution < 1.29 is 8.42 Å². The number of sulfone groups is 1. The Morgan fingerprint density at radius 3 is 2.41 bits per heavy atom. The van der Waals surface area contributed by atoms with Crippen LogP contribution < -0.4 is 5.73 Å². The lowest BCUT2D eigenvalue weighted by Crippen LogP contribution is -2.16. The molecule has 3 aromatic rings. The van der Waals surface area contributed by atoms with Crippen LogP contribution in [-0.2, 0) is 9.84 Å². The standard InChI is InChI=1S/C19H19N5O2S/c20-12-13-6-8-15(9-7-13)27(25,26)17-16-19(23-11-10-22-16)24(18(17)21)14-4-2-1-3-5-14/h6-11,14H,1-5,21H2. The van der Waals surface area contributed by atoms with E-state index in [0.717, 1.165) is 25.7 Å². The predicted octanol–water partition coefficient (Wildman–Crippen LogP) is 3.22. The van der Waals surface area contributed by atoms with Gasteiger partial charge < -0.3 is 10.3 Å². The van der Waals surface area contributed by atoms with E-state index in [2.05, 4.69) is 9.97 Å². The highest BCUT2D eigenvalue weighted by atomic mass is 32.2. The van der Waals surface area contributed by atoms with Gasteiger partial charge in [0.05, 0.1) is 16.5 Å². The molecule has 2 aromatic heterocycles. The molecule has 1 saturated carbocycles. The van der Waals surface area contributed by atoms with Crippen LogP contribution in [0.15, 0.2) is 46.5 Å². The lowest BCUT2D eigenvalue weighted by atomic mass is 9.95. The van der Waals surface area contributed by atoms with Gasteiger partial charge in [0.2, 0.25) is 9.84 Å². The van der Waals surface area contributed by atoms with E-state index in [9.17, 15) is 8.42 Å². The normalized spacial score (nSPS) is 15.7. The number of nitrogens with zero attached hydrogens (tertiary/aromatic N) is 4. The minimum atomic E-state index is -3.90. The van der Waals surface area contributed by atoms with Crippen LogP contribution in [0.3, 0.4) is 0 Å². The Balaban J connectivity index is 1.93. The highest BCUT2D eigenvalue weighted by molar-refractivity contribution is 7.92. The second-order valence-electron chi connectivity index (χ2n) is 6.74. The fourth-order valence-corrected chi connectivity index (χ4v) is 5.31. The van der Waals surface area contributed by atoms with Gasteiger partial charge in [-0.05, 0) is 37.1 Å². The van der Waals surface area contributed by atoms with Gasteiger partial charge in [0.15, 0.2) is 5.65 Å². The Morgan fingerprint density at radius 2 is 1.74 bits per heavy atom. The van der Waals surface area contributed by atoms with Gasteiger partial charge in [0.25, 0.3) is 0 Å². The summed E-state index contributed by atoms with van der Waals surface area (Å²) in [7, 11) is -3.90. The first-order valence-corrected chi connectivity index (χ1v) is 10.4. The molecule has 1 aliphatic rings. The molecule has 2 N–H and O–H groups in total. The first kappa shape index (κ1) is 17.5. The average molecular weight is 381 g/mol. The van der Waals surface area contributed by atoms with Crippen LogP contribution in [0, 0.1) is 11.3 Å². The largest absolute Gasteiger partial charge is 0.384 e. The van der Waals surface area contributed by atoms with Crippen molar-refractivity contribution in [3.05, 3.63) is 42.2 Å². The second kappa shape index (κ2) is 6.67. The number of nitriles is 1. The zero-order valence-electron chi connectivity index (χ0n) is 14.7. The summed E-state index contributed by atoms with van der Waals surface area (Å²) in [6.45, 7) is 0. The Kier molecular flexibility index (Phi) is 4.32. The monoisotopic (exact) mass is 381 g/mol. The summed E-state index contributed by atoms with van der Waals surface area (Å²) in [4.78, 5) is 8.76. The third-order valence-corrected chi connectivity index (χ3v) is 6.95. The molecule has 0 unspecified atom stereocenters. The first-order chi connectivity index (χ1) is 13.0. The summed E-state index contributed by atoms with van der Waals surface area (Å²) in [5.74, 6) is 0.187. The van der Waals surface area contributed by atoms with Crippen molar-refractivity contribution in [1.82, 2.24) is 14.5 Å². The maximum atomic E-state index is 13.3. The van der Waals surface area contributed by atoms with Gasteiger partial charge in [-0.25, -0.2) is 18.4 Å².